The number of rotatable bonds is 28. The summed E-state index contributed by atoms with van der Waals surface area (Å²) in [6, 6.07) is 59.7. The van der Waals surface area contributed by atoms with Crippen molar-refractivity contribution in [3.05, 3.63) is 216 Å². The van der Waals surface area contributed by atoms with Gasteiger partial charge in [0.1, 0.15) is 13.2 Å². The molecular formula is C73H78ClN7O12S2. The highest BCUT2D eigenvalue weighted by molar-refractivity contribution is 8.13. The van der Waals surface area contributed by atoms with Gasteiger partial charge in [0.05, 0.1) is 63.0 Å². The highest BCUT2D eigenvalue weighted by atomic mass is 35.7. The number of carbonyl (C=O) groups excluding carboxylic acids is 2. The SMILES string of the molecule is CN(C)c1ccc(N=Nc2ccc(S(=O)(=O)CCCCC[C@H](CC(=O)OCC3c4ccccc4-c4ccccc43)C(=O)O)cc2)cc1.CN(C)c1ccc(N=Nc2ccc(S(=O)(=O)Cl)cc2)cc1.NCCCC[C@H](CC(=O)OCC1c2ccccc2-c2ccccc21)C(=O)O. The van der Waals surface area contributed by atoms with Gasteiger partial charge < -0.3 is 35.2 Å². The number of nitrogens with zero attached hydrogens (tertiary/aromatic N) is 6. The topological polar surface area (TPSA) is 277 Å². The molecule has 0 spiro atoms. The van der Waals surface area contributed by atoms with E-state index in [2.05, 4.69) is 56.9 Å². The first-order valence-electron chi connectivity index (χ1n) is 31.2. The molecule has 0 aliphatic heterocycles. The van der Waals surface area contributed by atoms with E-state index >= 15 is 0 Å². The van der Waals surface area contributed by atoms with Crippen LogP contribution in [-0.2, 0) is 47.5 Å². The third kappa shape index (κ3) is 20.3. The summed E-state index contributed by atoms with van der Waals surface area (Å²) in [4.78, 5) is 52.5. The van der Waals surface area contributed by atoms with Crippen LogP contribution in [0.5, 0.6) is 0 Å². The van der Waals surface area contributed by atoms with Gasteiger partial charge in [-0.05, 0) is 174 Å². The molecule has 22 heteroatoms. The lowest BCUT2D eigenvalue weighted by atomic mass is 9.97. The largest absolute Gasteiger partial charge is 0.481 e. The number of unbranched alkanes of at least 4 members (excludes halogenated alkanes) is 3. The maximum absolute atomic E-state index is 12.9. The monoisotopic (exact) mass is 1340 g/mol. The van der Waals surface area contributed by atoms with Crippen LogP contribution in [0.1, 0.15) is 91.9 Å². The van der Waals surface area contributed by atoms with Crippen molar-refractivity contribution >= 4 is 87.6 Å². The van der Waals surface area contributed by atoms with Crippen molar-refractivity contribution in [2.45, 2.75) is 79.4 Å². The molecule has 0 saturated heterocycles. The molecule has 95 heavy (non-hydrogen) atoms. The maximum Gasteiger partial charge on any atom is 0.307 e. The van der Waals surface area contributed by atoms with Crippen molar-refractivity contribution in [2.24, 2.45) is 38.0 Å². The minimum atomic E-state index is -3.70. The standard InChI is InChI=1S/C37H39N3O6S.C22H25NO4.C14H14ClN3O2S/c1-40(2)29-19-15-27(16-20-29)38-39-28-17-21-30(22-18-28)47(44,45)23-9-3-4-10-26(37(42)43)24-36(41)46-25-35-33-13-7-5-11-31(33)32-12-6-8-14-34(32)35;23-12-6-5-7-15(22(25)26)13-21(24)27-14-20-18-10-3-1-8-16(18)17-9-2-4-11-19(17)20;1-18(2)13-7-3-11(4-8-13)16-17-12-5-9-14(10-6-12)21(15,19)20/h5-8,11-22,26,35H,3-4,9-10,23-25H2,1-2H3,(H,42,43);1-4,8-11,15,20H,5-7,12-14,23H2,(H,25,26);3-10H,1-2H3/t26-;15-;/m11./s1. The van der Waals surface area contributed by atoms with E-state index < -0.39 is 54.6 Å². The number of ether oxygens (including phenoxy) is 2. The van der Waals surface area contributed by atoms with Crippen LogP contribution in [0, 0.1) is 11.8 Å². The van der Waals surface area contributed by atoms with Gasteiger partial charge >= 0.3 is 23.9 Å². The van der Waals surface area contributed by atoms with Crippen molar-refractivity contribution in [1.82, 2.24) is 0 Å². The molecule has 10 rings (SSSR count). The average Bonchev–Trinajstić information content (AvgIpc) is 1.63. The second-order valence-electron chi connectivity index (χ2n) is 23.4. The van der Waals surface area contributed by atoms with Crippen molar-refractivity contribution in [1.29, 1.82) is 0 Å². The van der Waals surface area contributed by atoms with Gasteiger partial charge in [0.15, 0.2) is 9.84 Å². The minimum absolute atomic E-state index is 0.0122. The number of anilines is 2. The number of carbonyl (C=O) groups is 4. The molecule has 19 nitrogen and oxygen atoms in total. The number of halogens is 1. The molecule has 496 valence electrons. The van der Waals surface area contributed by atoms with Gasteiger partial charge in [0, 0.05) is 62.1 Å². The molecule has 0 fully saturated rings. The number of hydrogen-bond acceptors (Lipinski definition) is 17. The van der Waals surface area contributed by atoms with E-state index in [-0.39, 0.29) is 59.9 Å². The molecule has 0 aromatic heterocycles. The van der Waals surface area contributed by atoms with Crippen molar-refractivity contribution in [2.75, 3.05) is 63.5 Å². The lowest BCUT2D eigenvalue weighted by Gasteiger charge is -2.16. The van der Waals surface area contributed by atoms with Crippen LogP contribution in [-0.4, -0.2) is 105 Å². The first-order chi connectivity index (χ1) is 45.6. The Hall–Kier alpha value is -9.41. The van der Waals surface area contributed by atoms with Crippen LogP contribution in [0.25, 0.3) is 22.3 Å². The molecule has 0 unspecified atom stereocenters. The molecule has 0 heterocycles. The van der Waals surface area contributed by atoms with Crippen LogP contribution in [0.3, 0.4) is 0 Å². The summed E-state index contributed by atoms with van der Waals surface area (Å²) < 4.78 is 59.1. The number of sulfone groups is 1. The number of benzene rings is 8. The van der Waals surface area contributed by atoms with Gasteiger partial charge in [0.2, 0.25) is 0 Å². The van der Waals surface area contributed by atoms with E-state index in [9.17, 15) is 46.2 Å². The second kappa shape index (κ2) is 34.1. The Kier molecular flexibility index (Phi) is 25.7. The molecule has 0 amide bonds. The Bertz CT molecular complexity index is 4120. The molecule has 0 radical (unpaired) electrons. The smallest absolute Gasteiger partial charge is 0.307 e. The summed E-state index contributed by atoms with van der Waals surface area (Å²) in [5.74, 6) is -4.80. The van der Waals surface area contributed by atoms with Gasteiger partial charge in [-0.2, -0.15) is 20.5 Å². The zero-order valence-electron chi connectivity index (χ0n) is 53.4. The number of nitrogens with two attached hydrogens (primary N) is 1. The fraction of sp³-hybridized carbons (Fsp3) is 0.288. The van der Waals surface area contributed by atoms with Crippen molar-refractivity contribution < 1.29 is 55.7 Å². The highest BCUT2D eigenvalue weighted by Gasteiger charge is 2.32. The number of hydrogen-bond donors (Lipinski definition) is 3. The first-order valence-corrected chi connectivity index (χ1v) is 35.2. The van der Waals surface area contributed by atoms with Crippen molar-refractivity contribution in [3.63, 3.8) is 0 Å². The van der Waals surface area contributed by atoms with Gasteiger partial charge in [-0.15, -0.1) is 0 Å². The molecule has 4 N–H and O–H groups in total. The molecule has 8 aromatic carbocycles. The zero-order chi connectivity index (χ0) is 68.1. The molecule has 2 aliphatic carbocycles. The quantitative estimate of drug-likeness (QED) is 0.0178. The normalized spacial score (nSPS) is 13.0. The van der Waals surface area contributed by atoms with Crippen LogP contribution < -0.4 is 15.5 Å². The number of azo groups is 2. The maximum atomic E-state index is 12.9. The Balaban J connectivity index is 0.000000202. The number of fused-ring (bicyclic) bond motifs is 6. The third-order valence-corrected chi connectivity index (χ3v) is 19.5. The number of carboxylic acids is 2. The van der Waals surface area contributed by atoms with Crippen molar-refractivity contribution in [3.8, 4) is 22.3 Å². The molecule has 8 aromatic rings. The van der Waals surface area contributed by atoms with E-state index in [0.717, 1.165) is 56.9 Å². The fourth-order valence-corrected chi connectivity index (χ4v) is 13.3. The average molecular weight is 1350 g/mol. The predicted molar refractivity (Wildman–Crippen MR) is 370 cm³/mol. The summed E-state index contributed by atoms with van der Waals surface area (Å²) >= 11 is 0. The van der Waals surface area contributed by atoms with E-state index in [4.69, 9.17) is 25.9 Å². The van der Waals surface area contributed by atoms with Gasteiger partial charge in [-0.25, -0.2) is 16.8 Å². The molecule has 2 atom stereocenters. The number of esters is 2. The van der Waals surface area contributed by atoms with Crippen LogP contribution in [0.2, 0.25) is 0 Å². The Morgan fingerprint density at radius 1 is 0.453 bits per heavy atom. The molecule has 2 aliphatic rings. The van der Waals surface area contributed by atoms with Gasteiger partial charge in [0.25, 0.3) is 9.05 Å². The molecule has 0 bridgehead atoms. The first kappa shape index (κ1) is 71.4. The second-order valence-corrected chi connectivity index (χ2v) is 28.1. The van der Waals surface area contributed by atoms with Crippen LogP contribution in [0.15, 0.2) is 224 Å². The lowest BCUT2D eigenvalue weighted by molar-refractivity contribution is -0.152. The Morgan fingerprint density at radius 3 is 1.08 bits per heavy atom. The predicted octanol–water partition coefficient (Wildman–Crippen LogP) is 15.6. The van der Waals surface area contributed by atoms with Gasteiger partial charge in [-0.1, -0.05) is 116 Å². The zero-order valence-corrected chi connectivity index (χ0v) is 55.8. The number of carboxylic acid groups (broad SMARTS) is 2. The Labute approximate surface area is 559 Å². The third-order valence-electron chi connectivity index (χ3n) is 16.4. The molecule has 0 saturated carbocycles. The van der Waals surface area contributed by atoms with E-state index in [1.165, 1.54) is 35.4 Å². The summed E-state index contributed by atoms with van der Waals surface area (Å²) in [5.41, 5.74) is 19.1. The molecular weight excluding hydrogens is 1270 g/mol. The van der Waals surface area contributed by atoms with Crippen LogP contribution >= 0.6 is 10.7 Å². The van der Waals surface area contributed by atoms with Gasteiger partial charge in [-0.3, -0.25) is 19.2 Å². The minimum Gasteiger partial charge on any atom is -0.481 e. The summed E-state index contributed by atoms with van der Waals surface area (Å²) in [6.07, 6.45) is 3.21. The lowest BCUT2D eigenvalue weighted by Crippen LogP contribution is -2.21. The van der Waals surface area contributed by atoms with E-state index in [1.54, 1.807) is 24.3 Å². The van der Waals surface area contributed by atoms with Crippen LogP contribution in [0.4, 0.5) is 34.1 Å². The summed E-state index contributed by atoms with van der Waals surface area (Å²) in [5, 5.41) is 35.6. The van der Waals surface area contributed by atoms with E-state index in [1.807, 2.05) is 147 Å². The fourth-order valence-electron chi connectivity index (χ4n) is 11.2. The number of aliphatic carboxylic acids is 2. The summed E-state index contributed by atoms with van der Waals surface area (Å²) in [7, 11) is 5.85. The highest BCUT2D eigenvalue weighted by Crippen LogP contribution is 2.46. The Morgan fingerprint density at radius 2 is 0.768 bits per heavy atom. The summed E-state index contributed by atoms with van der Waals surface area (Å²) in [6.45, 7) is 0.894. The van der Waals surface area contributed by atoms with E-state index in [0.29, 0.717) is 55.7 Å².